The summed E-state index contributed by atoms with van der Waals surface area (Å²) in [6, 6.07) is 14.5. The Morgan fingerprint density at radius 1 is 1.22 bits per heavy atom. The van der Waals surface area contributed by atoms with Crippen LogP contribution in [-0.2, 0) is 4.79 Å². The zero-order valence-corrected chi connectivity index (χ0v) is 13.5. The zero-order valence-electron chi connectivity index (χ0n) is 12.7. The van der Waals surface area contributed by atoms with Crippen LogP contribution in [0, 0.1) is 0 Å². The summed E-state index contributed by atoms with van der Waals surface area (Å²) in [5, 5.41) is 18.9. The normalized spacial score (nSPS) is 13.3. The molecule has 0 aromatic heterocycles. The van der Waals surface area contributed by atoms with Crippen molar-refractivity contribution in [3.63, 3.8) is 0 Å². The molecule has 2 rings (SSSR count). The van der Waals surface area contributed by atoms with Crippen LogP contribution in [0.4, 0.5) is 5.69 Å². The van der Waals surface area contributed by atoms with Gasteiger partial charge in [-0.1, -0.05) is 24.3 Å². The first-order valence-corrected chi connectivity index (χ1v) is 7.94. The zero-order chi connectivity index (χ0) is 16.8. The summed E-state index contributed by atoms with van der Waals surface area (Å²) in [4.78, 5) is 11.8. The van der Waals surface area contributed by atoms with Gasteiger partial charge in [0.1, 0.15) is 5.75 Å². The minimum absolute atomic E-state index is 0.337. The van der Waals surface area contributed by atoms with E-state index < -0.39 is 17.3 Å². The largest absolute Gasteiger partial charge is 0.497 e. The third kappa shape index (κ3) is 4.64. The van der Waals surface area contributed by atoms with Gasteiger partial charge in [-0.25, -0.2) is 0 Å². The highest BCUT2D eigenvalue weighted by atomic mass is 32.2. The Kier molecular flexibility index (Phi) is 5.90. The number of hydrogen-bond donors (Lipinski definition) is 3. The highest BCUT2D eigenvalue weighted by Gasteiger charge is 2.25. The molecule has 6 heteroatoms. The fraction of sp³-hybridized carbons (Fsp3) is 0.235. The van der Waals surface area contributed by atoms with E-state index in [0.717, 1.165) is 10.5 Å². The summed E-state index contributed by atoms with van der Waals surface area (Å²) < 4.78 is 5.13. The van der Waals surface area contributed by atoms with Crippen LogP contribution in [0.2, 0.25) is 0 Å². The summed E-state index contributed by atoms with van der Waals surface area (Å²) >= 11 is 1.35. The number of benzene rings is 2. The van der Waals surface area contributed by atoms with Crippen LogP contribution >= 0.6 is 11.8 Å². The molecule has 23 heavy (non-hydrogen) atoms. The molecule has 0 unspecified atom stereocenters. The monoisotopic (exact) mass is 333 g/mol. The molecule has 122 valence electrons. The molecular weight excluding hydrogens is 314 g/mol. The Labute approximate surface area is 139 Å². The van der Waals surface area contributed by atoms with Crippen LogP contribution < -0.4 is 10.5 Å². The minimum atomic E-state index is -1.04. The molecule has 4 N–H and O–H groups in total. The molecule has 2 aromatic carbocycles. The fourth-order valence-electron chi connectivity index (χ4n) is 2.17. The number of carbonyl (C=O) groups is 1. The number of anilines is 1. The average molecular weight is 333 g/mol. The summed E-state index contributed by atoms with van der Waals surface area (Å²) in [7, 11) is 1.57. The van der Waals surface area contributed by atoms with Gasteiger partial charge in [-0.05, 0) is 29.8 Å². The number of ether oxygens (including phenoxy) is 1. The second kappa shape index (κ2) is 7.89. The number of hydrogen-bond acceptors (Lipinski definition) is 5. The first kappa shape index (κ1) is 17.2. The number of para-hydroxylation sites is 1. The Hall–Kier alpha value is -2.18. The molecule has 0 aliphatic carbocycles. The molecule has 0 heterocycles. The smallest absolute Gasteiger partial charge is 0.306 e. The first-order valence-electron chi connectivity index (χ1n) is 7.06. The van der Waals surface area contributed by atoms with Gasteiger partial charge >= 0.3 is 5.97 Å². The molecule has 0 bridgehead atoms. The molecule has 0 aliphatic heterocycles. The summed E-state index contributed by atoms with van der Waals surface area (Å²) in [5.41, 5.74) is 7.36. The number of methoxy groups -OCH3 is 1. The third-order valence-corrected chi connectivity index (χ3v) is 4.82. The van der Waals surface area contributed by atoms with Gasteiger partial charge in [-0.2, -0.15) is 0 Å². The van der Waals surface area contributed by atoms with Crippen molar-refractivity contribution in [2.24, 2.45) is 0 Å². The topological polar surface area (TPSA) is 92.8 Å². The lowest BCUT2D eigenvalue weighted by atomic mass is 10.0. The van der Waals surface area contributed by atoms with Gasteiger partial charge in [0.05, 0.1) is 24.9 Å². The first-order chi connectivity index (χ1) is 11.0. The molecule has 0 saturated heterocycles. The maximum Gasteiger partial charge on any atom is 0.306 e. The minimum Gasteiger partial charge on any atom is -0.497 e. The number of thioether (sulfide) groups is 1. The van der Waals surface area contributed by atoms with Gasteiger partial charge in [-0.15, -0.1) is 11.8 Å². The molecule has 0 fully saturated rings. The van der Waals surface area contributed by atoms with Crippen molar-refractivity contribution in [3.05, 3.63) is 54.1 Å². The molecule has 0 saturated carbocycles. The highest BCUT2D eigenvalue weighted by Crippen LogP contribution is 2.41. The van der Waals surface area contributed by atoms with Crippen LogP contribution in [0.3, 0.4) is 0 Å². The molecule has 0 amide bonds. The fourth-order valence-corrected chi connectivity index (χ4v) is 3.35. The lowest BCUT2D eigenvalue weighted by molar-refractivity contribution is -0.139. The average Bonchev–Trinajstić information content (AvgIpc) is 2.53. The van der Waals surface area contributed by atoms with Crippen LogP contribution in [-0.4, -0.2) is 29.4 Å². The van der Waals surface area contributed by atoms with Crippen molar-refractivity contribution in [1.29, 1.82) is 0 Å². The van der Waals surface area contributed by atoms with E-state index in [2.05, 4.69) is 0 Å². The Morgan fingerprint density at radius 2 is 1.87 bits per heavy atom. The SMILES string of the molecule is COc1ccc([C@H](Sc2ccccc2N)[C@@H](O)CC(=O)O)cc1. The molecule has 0 aliphatic rings. The number of aliphatic carboxylic acids is 1. The quantitative estimate of drug-likeness (QED) is 0.533. The van der Waals surface area contributed by atoms with Crippen molar-refractivity contribution in [1.82, 2.24) is 0 Å². The van der Waals surface area contributed by atoms with Crippen LogP contribution in [0.5, 0.6) is 5.75 Å². The Balaban J connectivity index is 2.30. The van der Waals surface area contributed by atoms with Gasteiger partial charge in [0, 0.05) is 10.6 Å². The summed E-state index contributed by atoms with van der Waals surface area (Å²) in [6.45, 7) is 0. The van der Waals surface area contributed by atoms with E-state index in [4.69, 9.17) is 15.6 Å². The summed E-state index contributed by atoms with van der Waals surface area (Å²) in [6.07, 6.45) is -1.37. The number of nitrogens with two attached hydrogens (primary N) is 1. The van der Waals surface area contributed by atoms with Crippen molar-refractivity contribution in [2.75, 3.05) is 12.8 Å². The number of carboxylic acid groups (broad SMARTS) is 1. The van der Waals surface area contributed by atoms with E-state index in [1.165, 1.54) is 11.8 Å². The van der Waals surface area contributed by atoms with Crippen LogP contribution in [0.25, 0.3) is 0 Å². The Morgan fingerprint density at radius 3 is 2.43 bits per heavy atom. The van der Waals surface area contributed by atoms with Gasteiger partial charge < -0.3 is 20.7 Å². The predicted octanol–water partition coefficient (Wildman–Crippen LogP) is 2.95. The Bertz CT molecular complexity index is 660. The number of nitrogen functional groups attached to an aromatic ring is 1. The van der Waals surface area contributed by atoms with Crippen molar-refractivity contribution in [3.8, 4) is 5.75 Å². The standard InChI is InChI=1S/C17H19NO4S/c1-22-12-8-6-11(7-9-12)17(14(19)10-16(20)21)23-15-5-3-2-4-13(15)18/h2-9,14,17,19H,10,18H2,1H3,(H,20,21)/t14-,17-/m0/s1. The second-order valence-corrected chi connectivity index (χ2v) is 6.20. The number of aliphatic hydroxyl groups is 1. The molecule has 5 nitrogen and oxygen atoms in total. The van der Waals surface area contributed by atoms with Crippen molar-refractivity contribution < 1.29 is 19.7 Å². The lowest BCUT2D eigenvalue weighted by Crippen LogP contribution is -2.20. The van der Waals surface area contributed by atoms with Gasteiger partial charge in [0.25, 0.3) is 0 Å². The number of aliphatic hydroxyl groups excluding tert-OH is 1. The van der Waals surface area contributed by atoms with E-state index in [1.54, 1.807) is 25.3 Å². The van der Waals surface area contributed by atoms with E-state index in [-0.39, 0.29) is 6.42 Å². The van der Waals surface area contributed by atoms with Crippen molar-refractivity contribution >= 4 is 23.4 Å². The van der Waals surface area contributed by atoms with E-state index >= 15 is 0 Å². The van der Waals surface area contributed by atoms with E-state index in [1.807, 2.05) is 30.3 Å². The lowest BCUT2D eigenvalue weighted by Gasteiger charge is -2.22. The molecule has 0 spiro atoms. The molecule has 2 atom stereocenters. The number of rotatable bonds is 7. The number of carboxylic acids is 1. The van der Waals surface area contributed by atoms with Crippen LogP contribution in [0.1, 0.15) is 17.2 Å². The maximum atomic E-state index is 11.0. The third-order valence-electron chi connectivity index (χ3n) is 3.35. The van der Waals surface area contributed by atoms with Crippen molar-refractivity contribution in [2.45, 2.75) is 22.7 Å². The predicted molar refractivity (Wildman–Crippen MR) is 90.7 cm³/mol. The molecule has 2 aromatic rings. The van der Waals surface area contributed by atoms with Crippen LogP contribution in [0.15, 0.2) is 53.4 Å². The second-order valence-electron chi connectivity index (χ2n) is 5.01. The van der Waals surface area contributed by atoms with Gasteiger partial charge in [0.15, 0.2) is 0 Å². The van der Waals surface area contributed by atoms with E-state index in [0.29, 0.717) is 11.4 Å². The molecule has 0 radical (unpaired) electrons. The van der Waals surface area contributed by atoms with E-state index in [9.17, 15) is 9.90 Å². The highest BCUT2D eigenvalue weighted by molar-refractivity contribution is 7.99. The van der Waals surface area contributed by atoms with Gasteiger partial charge in [-0.3, -0.25) is 4.79 Å². The summed E-state index contributed by atoms with van der Waals surface area (Å²) in [5.74, 6) is -0.345. The maximum absolute atomic E-state index is 11.0. The van der Waals surface area contributed by atoms with Gasteiger partial charge in [0.2, 0.25) is 0 Å². The molecular formula is C17H19NO4S.